The van der Waals surface area contributed by atoms with Gasteiger partial charge in [0, 0.05) is 5.56 Å². The zero-order valence-electron chi connectivity index (χ0n) is 7.61. The molecule has 0 amide bonds. The third-order valence-electron chi connectivity index (χ3n) is 2.24. The second-order valence-electron chi connectivity index (χ2n) is 2.96. The fourth-order valence-corrected chi connectivity index (χ4v) is 1.89. The molecular weight excluding hydrogens is 279 g/mol. The summed E-state index contributed by atoms with van der Waals surface area (Å²) in [4.78, 5) is 0. The quantitative estimate of drug-likeness (QED) is 0.361. The van der Waals surface area contributed by atoms with Crippen LogP contribution in [0.25, 0.3) is 0 Å². The molecule has 0 heterocycles. The first-order chi connectivity index (χ1) is 6.00. The summed E-state index contributed by atoms with van der Waals surface area (Å²) < 4.78 is 2.98. The van der Waals surface area contributed by atoms with Crippen molar-refractivity contribution in [1.29, 1.82) is 0 Å². The van der Waals surface area contributed by atoms with Crippen LogP contribution in [0.4, 0.5) is 22.7 Å². The van der Waals surface area contributed by atoms with Crippen molar-refractivity contribution in [2.75, 3.05) is 20.7 Å². The molecule has 0 aliphatic rings. The smallest absolute Gasteiger partial charge is 0.0715 e. The first-order valence-electron chi connectivity index (χ1n) is 3.81. The minimum atomic E-state index is 0.574. The maximum atomic E-state index is 5.86. The van der Waals surface area contributed by atoms with Crippen LogP contribution in [0.3, 0.4) is 0 Å². The molecule has 72 valence electrons. The highest BCUT2D eigenvalue weighted by molar-refractivity contribution is 14.1. The molecule has 0 aliphatic heterocycles. The summed E-state index contributed by atoms with van der Waals surface area (Å²) in [5, 5.41) is 0. The summed E-state index contributed by atoms with van der Waals surface area (Å²) >= 11 is 2.02. The molecule has 0 atom stereocenters. The van der Waals surface area contributed by atoms with E-state index in [4.69, 9.17) is 17.2 Å². The Morgan fingerprint density at radius 3 is 1.85 bits per heavy atom. The van der Waals surface area contributed by atoms with Crippen molar-refractivity contribution in [1.82, 2.24) is 0 Å². The van der Waals surface area contributed by atoms with Crippen LogP contribution >= 0.6 is 22.9 Å². The maximum absolute atomic E-state index is 5.86. The van der Waals surface area contributed by atoms with Crippen LogP contribution in [-0.2, 0) is 0 Å². The zero-order valence-corrected chi connectivity index (χ0v) is 9.77. The van der Waals surface area contributed by atoms with E-state index < -0.39 is 0 Å². The molecule has 0 fully saturated rings. The van der Waals surface area contributed by atoms with Gasteiger partial charge in [-0.3, -0.25) is 0 Å². The van der Waals surface area contributed by atoms with Crippen molar-refractivity contribution in [3.8, 4) is 0 Å². The topological polar surface area (TPSA) is 90.1 Å². The minimum Gasteiger partial charge on any atom is -0.397 e. The average molecular weight is 292 g/mol. The summed E-state index contributed by atoms with van der Waals surface area (Å²) in [5.74, 6) is 0. The highest BCUT2D eigenvalue weighted by Gasteiger charge is 2.12. The van der Waals surface area contributed by atoms with Gasteiger partial charge in [-0.1, -0.05) is 0 Å². The second-order valence-corrected chi connectivity index (χ2v) is 3.50. The van der Waals surface area contributed by atoms with E-state index in [9.17, 15) is 0 Å². The van der Waals surface area contributed by atoms with Crippen LogP contribution in [-0.4, -0.2) is 0 Å². The molecule has 0 saturated carbocycles. The standard InChI is InChI=1S/C8H13IN4/c1-3-5(10)6(11)4(2)8(13-9)7(3)12/h13H,10-12H2,1-2H3. The fraction of sp³-hybridized carbons (Fsp3) is 0.250. The maximum Gasteiger partial charge on any atom is 0.0715 e. The highest BCUT2D eigenvalue weighted by Crippen LogP contribution is 2.37. The molecule has 0 aliphatic carbocycles. The molecule has 0 saturated heterocycles. The lowest BCUT2D eigenvalue weighted by atomic mass is 10.0. The van der Waals surface area contributed by atoms with E-state index in [-0.39, 0.29) is 0 Å². The van der Waals surface area contributed by atoms with Gasteiger partial charge in [-0.2, -0.15) is 0 Å². The molecule has 13 heavy (non-hydrogen) atoms. The van der Waals surface area contributed by atoms with Crippen LogP contribution in [0.1, 0.15) is 11.1 Å². The van der Waals surface area contributed by atoms with Gasteiger partial charge in [0.15, 0.2) is 0 Å². The molecule has 0 bridgehead atoms. The largest absolute Gasteiger partial charge is 0.397 e. The van der Waals surface area contributed by atoms with Gasteiger partial charge in [-0.05, 0) is 19.4 Å². The molecule has 0 radical (unpaired) electrons. The number of benzene rings is 1. The lowest BCUT2D eigenvalue weighted by Gasteiger charge is -2.15. The molecule has 1 aromatic carbocycles. The molecular formula is C8H13IN4. The monoisotopic (exact) mass is 292 g/mol. The molecule has 1 rings (SSSR count). The summed E-state index contributed by atoms with van der Waals surface area (Å²) in [7, 11) is 0. The minimum absolute atomic E-state index is 0.574. The van der Waals surface area contributed by atoms with Crippen LogP contribution in [0.15, 0.2) is 0 Å². The van der Waals surface area contributed by atoms with Gasteiger partial charge in [-0.15, -0.1) is 0 Å². The molecule has 1 aromatic rings. The number of nitrogens with two attached hydrogens (primary N) is 3. The van der Waals surface area contributed by atoms with Gasteiger partial charge in [0.05, 0.1) is 45.6 Å². The summed E-state index contributed by atoms with van der Waals surface area (Å²) in [5.41, 5.74) is 21.9. The Labute approximate surface area is 91.3 Å². The Morgan fingerprint density at radius 1 is 0.923 bits per heavy atom. The van der Waals surface area contributed by atoms with E-state index in [2.05, 4.69) is 3.53 Å². The van der Waals surface area contributed by atoms with Gasteiger partial charge < -0.3 is 20.7 Å². The summed E-state index contributed by atoms with van der Waals surface area (Å²) in [6.07, 6.45) is 0. The lowest BCUT2D eigenvalue weighted by Crippen LogP contribution is -2.06. The number of anilines is 4. The predicted molar refractivity (Wildman–Crippen MR) is 66.8 cm³/mol. The van der Waals surface area contributed by atoms with E-state index in [1.165, 1.54) is 0 Å². The Kier molecular flexibility index (Phi) is 2.74. The highest BCUT2D eigenvalue weighted by atomic mass is 127. The average Bonchev–Trinajstić information content (AvgIpc) is 2.13. The normalized spacial score (nSPS) is 10.1. The number of nitrogen functional groups attached to an aromatic ring is 3. The van der Waals surface area contributed by atoms with Crippen molar-refractivity contribution in [3.63, 3.8) is 0 Å². The molecule has 7 N–H and O–H groups in total. The SMILES string of the molecule is Cc1c(N)c(N)c(C)c(NI)c1N. The van der Waals surface area contributed by atoms with Crippen molar-refractivity contribution in [2.45, 2.75) is 13.8 Å². The van der Waals surface area contributed by atoms with E-state index in [0.29, 0.717) is 17.1 Å². The lowest BCUT2D eigenvalue weighted by molar-refractivity contribution is 1.41. The van der Waals surface area contributed by atoms with Gasteiger partial charge in [0.25, 0.3) is 0 Å². The molecule has 0 spiro atoms. The van der Waals surface area contributed by atoms with Crippen molar-refractivity contribution < 1.29 is 0 Å². The third kappa shape index (κ3) is 1.48. The molecule has 0 unspecified atom stereocenters. The number of hydrogen-bond donors (Lipinski definition) is 4. The summed E-state index contributed by atoms with van der Waals surface area (Å²) in [6.45, 7) is 3.75. The predicted octanol–water partition coefficient (Wildman–Crippen LogP) is 1.81. The van der Waals surface area contributed by atoms with Crippen LogP contribution in [0.2, 0.25) is 0 Å². The Morgan fingerprint density at radius 2 is 1.38 bits per heavy atom. The van der Waals surface area contributed by atoms with E-state index in [1.807, 2.05) is 36.7 Å². The molecule has 5 heteroatoms. The van der Waals surface area contributed by atoms with E-state index in [0.717, 1.165) is 16.8 Å². The number of halogens is 1. The van der Waals surface area contributed by atoms with Gasteiger partial charge in [0.2, 0.25) is 0 Å². The van der Waals surface area contributed by atoms with Gasteiger partial charge in [0.1, 0.15) is 0 Å². The number of nitrogens with one attached hydrogen (secondary N) is 1. The summed E-state index contributed by atoms with van der Waals surface area (Å²) in [6, 6.07) is 0. The first kappa shape index (κ1) is 10.2. The van der Waals surface area contributed by atoms with Crippen LogP contribution in [0.5, 0.6) is 0 Å². The molecule has 4 nitrogen and oxygen atoms in total. The van der Waals surface area contributed by atoms with Crippen molar-refractivity contribution in [2.24, 2.45) is 0 Å². The van der Waals surface area contributed by atoms with Crippen LogP contribution in [0, 0.1) is 13.8 Å². The van der Waals surface area contributed by atoms with Crippen LogP contribution < -0.4 is 20.7 Å². The zero-order chi connectivity index (χ0) is 10.2. The number of hydrogen-bond acceptors (Lipinski definition) is 4. The Hall–Kier alpha value is -0.850. The first-order valence-corrected chi connectivity index (χ1v) is 4.88. The van der Waals surface area contributed by atoms with E-state index in [1.54, 1.807) is 0 Å². The van der Waals surface area contributed by atoms with E-state index >= 15 is 0 Å². The van der Waals surface area contributed by atoms with Gasteiger partial charge >= 0.3 is 0 Å². The van der Waals surface area contributed by atoms with Crippen molar-refractivity contribution in [3.05, 3.63) is 11.1 Å². The molecule has 0 aromatic heterocycles. The fourth-order valence-electron chi connectivity index (χ4n) is 1.20. The van der Waals surface area contributed by atoms with Gasteiger partial charge in [-0.25, -0.2) is 0 Å². The Bertz CT molecular complexity index is 319. The Balaban J connectivity index is 3.56. The third-order valence-corrected chi connectivity index (χ3v) is 2.78. The van der Waals surface area contributed by atoms with Crippen molar-refractivity contribution >= 4 is 45.6 Å². The number of rotatable bonds is 1. The second kappa shape index (κ2) is 3.49.